The quantitative estimate of drug-likeness (QED) is 0.710. The first-order valence-corrected chi connectivity index (χ1v) is 5.51. The van der Waals surface area contributed by atoms with Gasteiger partial charge in [0.25, 0.3) is 0 Å². The maximum absolute atomic E-state index is 13.2. The van der Waals surface area contributed by atoms with Crippen LogP contribution in [0.2, 0.25) is 0 Å². The lowest BCUT2D eigenvalue weighted by Crippen LogP contribution is -1.95. The lowest BCUT2D eigenvalue weighted by molar-refractivity contribution is 0.630. The van der Waals surface area contributed by atoms with Crippen molar-refractivity contribution < 1.29 is 4.39 Å². The number of nitrogens with two attached hydrogens (primary N) is 1. The van der Waals surface area contributed by atoms with Crippen LogP contribution >= 0.6 is 0 Å². The summed E-state index contributed by atoms with van der Waals surface area (Å²) in [4.78, 5) is 8.50. The molecule has 1 aromatic carbocycles. The molecule has 0 aliphatic heterocycles. The Morgan fingerprint density at radius 2 is 1.89 bits per heavy atom. The van der Waals surface area contributed by atoms with E-state index in [0.29, 0.717) is 11.5 Å². The minimum absolute atomic E-state index is 0.292. The third kappa shape index (κ3) is 1.78. The molecule has 0 amide bonds. The van der Waals surface area contributed by atoms with Gasteiger partial charge in [0.05, 0.1) is 11.4 Å². The van der Waals surface area contributed by atoms with Gasteiger partial charge >= 0.3 is 0 Å². The van der Waals surface area contributed by atoms with E-state index in [2.05, 4.69) is 9.97 Å². The maximum Gasteiger partial charge on any atom is 0.132 e. The van der Waals surface area contributed by atoms with Crippen molar-refractivity contribution in [1.82, 2.24) is 9.97 Å². The van der Waals surface area contributed by atoms with Gasteiger partial charge in [0, 0.05) is 11.6 Å². The minimum Gasteiger partial charge on any atom is -0.383 e. The zero-order valence-corrected chi connectivity index (χ0v) is 9.47. The van der Waals surface area contributed by atoms with Gasteiger partial charge in [0.1, 0.15) is 11.6 Å². The molecule has 88 valence electrons. The van der Waals surface area contributed by atoms with E-state index >= 15 is 0 Å². The summed E-state index contributed by atoms with van der Waals surface area (Å²) in [6, 6.07) is 11.8. The number of hydrogen-bond donors (Lipinski definition) is 1. The molecule has 2 heterocycles. The van der Waals surface area contributed by atoms with Crippen molar-refractivity contribution in [1.29, 1.82) is 0 Å². The van der Waals surface area contributed by atoms with Crippen LogP contribution in [0.15, 0.2) is 48.7 Å². The summed E-state index contributed by atoms with van der Waals surface area (Å²) in [6.07, 6.45) is 1.68. The van der Waals surface area contributed by atoms with E-state index in [1.165, 1.54) is 12.1 Å². The zero-order chi connectivity index (χ0) is 12.5. The SMILES string of the molecule is Nc1nc(-c2ccccn2)cc2cc(F)ccc12. The topological polar surface area (TPSA) is 51.8 Å². The Balaban J connectivity index is 2.27. The van der Waals surface area contributed by atoms with Crippen LogP contribution in [0.3, 0.4) is 0 Å². The number of benzene rings is 1. The van der Waals surface area contributed by atoms with Gasteiger partial charge in [-0.05, 0) is 41.8 Å². The molecule has 18 heavy (non-hydrogen) atoms. The summed E-state index contributed by atoms with van der Waals surface area (Å²) in [5.41, 5.74) is 7.25. The highest BCUT2D eigenvalue weighted by atomic mass is 19.1. The molecule has 0 bridgehead atoms. The van der Waals surface area contributed by atoms with Gasteiger partial charge in [-0.3, -0.25) is 4.98 Å². The molecular weight excluding hydrogens is 229 g/mol. The number of fused-ring (bicyclic) bond motifs is 1. The average molecular weight is 239 g/mol. The molecular formula is C14H10FN3. The Morgan fingerprint density at radius 1 is 1.00 bits per heavy atom. The van der Waals surface area contributed by atoms with Crippen LogP contribution in [0.1, 0.15) is 0 Å². The van der Waals surface area contributed by atoms with Crippen LogP contribution in [0.4, 0.5) is 10.2 Å². The number of hydrogen-bond acceptors (Lipinski definition) is 3. The van der Waals surface area contributed by atoms with Gasteiger partial charge in [0.2, 0.25) is 0 Å². The molecule has 0 saturated heterocycles. The molecule has 2 N–H and O–H groups in total. The van der Waals surface area contributed by atoms with Gasteiger partial charge in [-0.1, -0.05) is 6.07 Å². The molecule has 3 nitrogen and oxygen atoms in total. The van der Waals surface area contributed by atoms with E-state index < -0.39 is 0 Å². The van der Waals surface area contributed by atoms with E-state index in [9.17, 15) is 4.39 Å². The summed E-state index contributed by atoms with van der Waals surface area (Å²) in [7, 11) is 0. The monoisotopic (exact) mass is 239 g/mol. The molecule has 2 aromatic heterocycles. The molecule has 3 rings (SSSR count). The number of pyridine rings is 2. The largest absolute Gasteiger partial charge is 0.383 e. The van der Waals surface area contributed by atoms with E-state index in [0.717, 1.165) is 16.5 Å². The van der Waals surface area contributed by atoms with E-state index in [-0.39, 0.29) is 5.82 Å². The number of halogens is 1. The molecule has 0 aliphatic rings. The Labute approximate surface area is 103 Å². The predicted octanol–water partition coefficient (Wildman–Crippen LogP) is 3.02. The van der Waals surface area contributed by atoms with Crippen LogP contribution in [0.25, 0.3) is 22.2 Å². The van der Waals surface area contributed by atoms with Crippen molar-refractivity contribution in [3.05, 3.63) is 54.5 Å². The second-order valence-electron chi connectivity index (χ2n) is 3.97. The molecule has 0 atom stereocenters. The van der Waals surface area contributed by atoms with Crippen LogP contribution in [-0.4, -0.2) is 9.97 Å². The second-order valence-corrected chi connectivity index (χ2v) is 3.97. The van der Waals surface area contributed by atoms with Crippen molar-refractivity contribution in [2.24, 2.45) is 0 Å². The summed E-state index contributed by atoms with van der Waals surface area (Å²) in [5, 5.41) is 1.47. The molecule has 4 heteroatoms. The predicted molar refractivity (Wildman–Crippen MR) is 69.3 cm³/mol. The summed E-state index contributed by atoms with van der Waals surface area (Å²) in [5.74, 6) is 0.0909. The van der Waals surface area contributed by atoms with Gasteiger partial charge < -0.3 is 5.73 Å². The smallest absolute Gasteiger partial charge is 0.132 e. The van der Waals surface area contributed by atoms with Gasteiger partial charge in [0.15, 0.2) is 0 Å². The molecule has 0 unspecified atom stereocenters. The molecule has 0 saturated carbocycles. The third-order valence-electron chi connectivity index (χ3n) is 2.75. The highest BCUT2D eigenvalue weighted by molar-refractivity contribution is 5.93. The van der Waals surface area contributed by atoms with Crippen LogP contribution in [0.5, 0.6) is 0 Å². The first kappa shape index (κ1) is 10.7. The molecule has 0 fully saturated rings. The lowest BCUT2D eigenvalue weighted by Gasteiger charge is -2.05. The zero-order valence-electron chi connectivity index (χ0n) is 9.47. The van der Waals surface area contributed by atoms with Gasteiger partial charge in [-0.2, -0.15) is 0 Å². The fraction of sp³-hybridized carbons (Fsp3) is 0. The molecule has 0 aliphatic carbocycles. The number of anilines is 1. The first-order valence-electron chi connectivity index (χ1n) is 5.51. The lowest BCUT2D eigenvalue weighted by atomic mass is 10.1. The van der Waals surface area contributed by atoms with Crippen LogP contribution < -0.4 is 5.73 Å². The number of nitrogens with zero attached hydrogens (tertiary/aromatic N) is 2. The minimum atomic E-state index is -0.292. The average Bonchev–Trinajstić information content (AvgIpc) is 2.39. The fourth-order valence-corrected chi connectivity index (χ4v) is 1.90. The normalized spacial score (nSPS) is 10.7. The van der Waals surface area contributed by atoms with E-state index in [4.69, 9.17) is 5.73 Å². The summed E-state index contributed by atoms with van der Waals surface area (Å²) >= 11 is 0. The molecule has 0 spiro atoms. The van der Waals surface area contributed by atoms with Crippen molar-refractivity contribution in [3.8, 4) is 11.4 Å². The van der Waals surface area contributed by atoms with E-state index in [1.54, 1.807) is 18.3 Å². The Kier molecular flexibility index (Phi) is 2.41. The van der Waals surface area contributed by atoms with Crippen molar-refractivity contribution in [2.45, 2.75) is 0 Å². The summed E-state index contributed by atoms with van der Waals surface area (Å²) in [6.45, 7) is 0. The third-order valence-corrected chi connectivity index (χ3v) is 2.75. The standard InChI is InChI=1S/C14H10FN3/c15-10-4-5-11-9(7-10)8-13(18-14(11)16)12-3-1-2-6-17-12/h1-8H,(H2,16,18). The van der Waals surface area contributed by atoms with Crippen molar-refractivity contribution >= 4 is 16.6 Å². The highest BCUT2D eigenvalue weighted by Gasteiger charge is 2.06. The first-order chi connectivity index (χ1) is 8.74. The molecule has 0 radical (unpaired) electrons. The van der Waals surface area contributed by atoms with Crippen LogP contribution in [0, 0.1) is 5.82 Å². The maximum atomic E-state index is 13.2. The Morgan fingerprint density at radius 3 is 2.67 bits per heavy atom. The van der Waals surface area contributed by atoms with Crippen molar-refractivity contribution in [2.75, 3.05) is 5.73 Å². The number of rotatable bonds is 1. The second kappa shape index (κ2) is 4.07. The Hall–Kier alpha value is -2.49. The number of nitrogen functional groups attached to an aromatic ring is 1. The molecule has 3 aromatic rings. The fourth-order valence-electron chi connectivity index (χ4n) is 1.90. The van der Waals surface area contributed by atoms with Gasteiger partial charge in [-0.15, -0.1) is 0 Å². The summed E-state index contributed by atoms with van der Waals surface area (Å²) < 4.78 is 13.2. The Bertz CT molecular complexity index is 711. The highest BCUT2D eigenvalue weighted by Crippen LogP contribution is 2.25. The van der Waals surface area contributed by atoms with Crippen LogP contribution in [-0.2, 0) is 0 Å². The van der Waals surface area contributed by atoms with E-state index in [1.807, 2.05) is 18.2 Å². The van der Waals surface area contributed by atoms with Crippen molar-refractivity contribution in [3.63, 3.8) is 0 Å². The number of aromatic nitrogens is 2. The van der Waals surface area contributed by atoms with Gasteiger partial charge in [-0.25, -0.2) is 9.37 Å².